The van der Waals surface area contributed by atoms with Gasteiger partial charge >= 0.3 is 0 Å². The van der Waals surface area contributed by atoms with Gasteiger partial charge < -0.3 is 0 Å². The van der Waals surface area contributed by atoms with Gasteiger partial charge in [0.2, 0.25) is 0 Å². The highest BCUT2D eigenvalue weighted by Crippen LogP contribution is 2.24. The predicted octanol–water partition coefficient (Wildman–Crippen LogP) is 2.39. The lowest BCUT2D eigenvalue weighted by Gasteiger charge is -2.00. The summed E-state index contributed by atoms with van der Waals surface area (Å²) < 4.78 is 13.6. The SMILES string of the molecule is Fc1cnc2c(c1I)C=CC2. The molecule has 0 amide bonds. The first-order chi connectivity index (χ1) is 5.29. The highest BCUT2D eigenvalue weighted by Gasteiger charge is 2.12. The van der Waals surface area contributed by atoms with Crippen molar-refractivity contribution in [2.75, 3.05) is 0 Å². The van der Waals surface area contributed by atoms with Crippen LogP contribution < -0.4 is 0 Å². The molecule has 1 nitrogen and oxygen atoms in total. The van der Waals surface area contributed by atoms with Gasteiger partial charge in [0.1, 0.15) is 0 Å². The minimum atomic E-state index is -0.226. The minimum Gasteiger partial charge on any atom is -0.257 e. The molecule has 0 spiro atoms. The molecule has 0 bridgehead atoms. The molecule has 0 unspecified atom stereocenters. The van der Waals surface area contributed by atoms with Crippen LogP contribution in [-0.2, 0) is 6.42 Å². The normalized spacial score (nSPS) is 13.6. The second-order valence-electron chi connectivity index (χ2n) is 2.39. The summed E-state index contributed by atoms with van der Waals surface area (Å²) in [5.41, 5.74) is 1.93. The molecule has 0 aromatic carbocycles. The van der Waals surface area contributed by atoms with Crippen LogP contribution in [0.1, 0.15) is 11.3 Å². The van der Waals surface area contributed by atoms with Gasteiger partial charge in [-0.3, -0.25) is 4.98 Å². The van der Waals surface area contributed by atoms with Gasteiger partial charge in [-0.15, -0.1) is 0 Å². The maximum absolute atomic E-state index is 12.9. The maximum atomic E-state index is 12.9. The lowest BCUT2D eigenvalue weighted by molar-refractivity contribution is 0.612. The Bertz CT molecular complexity index is 333. The Morgan fingerprint density at radius 1 is 1.55 bits per heavy atom. The molecule has 0 atom stereocenters. The van der Waals surface area contributed by atoms with E-state index >= 15 is 0 Å². The topological polar surface area (TPSA) is 12.9 Å². The van der Waals surface area contributed by atoms with E-state index in [1.807, 2.05) is 34.7 Å². The molecule has 1 heterocycles. The Morgan fingerprint density at radius 3 is 3.18 bits per heavy atom. The molecule has 2 rings (SSSR count). The van der Waals surface area contributed by atoms with E-state index in [1.54, 1.807) is 0 Å². The number of nitrogens with zero attached hydrogens (tertiary/aromatic N) is 1. The predicted molar refractivity (Wildman–Crippen MR) is 49.7 cm³/mol. The first-order valence-corrected chi connectivity index (χ1v) is 4.36. The third kappa shape index (κ3) is 1.07. The van der Waals surface area contributed by atoms with E-state index in [9.17, 15) is 4.39 Å². The molecular formula is C8H5FIN. The zero-order valence-electron chi connectivity index (χ0n) is 5.64. The van der Waals surface area contributed by atoms with Crippen molar-refractivity contribution in [2.45, 2.75) is 6.42 Å². The van der Waals surface area contributed by atoms with E-state index in [2.05, 4.69) is 4.98 Å². The van der Waals surface area contributed by atoms with Crippen molar-refractivity contribution in [3.05, 3.63) is 32.9 Å². The molecule has 11 heavy (non-hydrogen) atoms. The molecule has 0 fully saturated rings. The number of fused-ring (bicyclic) bond motifs is 1. The van der Waals surface area contributed by atoms with Crippen LogP contribution in [0.3, 0.4) is 0 Å². The Labute approximate surface area is 77.5 Å². The van der Waals surface area contributed by atoms with Crippen LogP contribution in [0.5, 0.6) is 0 Å². The van der Waals surface area contributed by atoms with Crippen molar-refractivity contribution in [2.24, 2.45) is 0 Å². The molecule has 0 saturated carbocycles. The van der Waals surface area contributed by atoms with Crippen LogP contribution in [0.2, 0.25) is 0 Å². The number of hydrogen-bond acceptors (Lipinski definition) is 1. The van der Waals surface area contributed by atoms with Crippen molar-refractivity contribution < 1.29 is 4.39 Å². The number of rotatable bonds is 0. The molecular weight excluding hydrogens is 256 g/mol. The summed E-state index contributed by atoms with van der Waals surface area (Å²) >= 11 is 2.00. The van der Waals surface area contributed by atoms with Gasteiger partial charge in [0.05, 0.1) is 15.5 Å². The number of allylic oxidation sites excluding steroid dienone is 1. The summed E-state index contributed by atoms with van der Waals surface area (Å²) in [5, 5.41) is 0. The average molecular weight is 261 g/mol. The molecule has 0 saturated heterocycles. The van der Waals surface area contributed by atoms with Crippen molar-refractivity contribution in [1.29, 1.82) is 0 Å². The number of pyridine rings is 1. The minimum absolute atomic E-state index is 0.226. The molecule has 0 aliphatic heterocycles. The second-order valence-corrected chi connectivity index (χ2v) is 3.47. The average Bonchev–Trinajstić information content (AvgIpc) is 2.45. The van der Waals surface area contributed by atoms with Crippen LogP contribution in [-0.4, -0.2) is 4.98 Å². The summed E-state index contributed by atoms with van der Waals surface area (Å²) in [6.45, 7) is 0. The van der Waals surface area contributed by atoms with Crippen molar-refractivity contribution in [3.63, 3.8) is 0 Å². The van der Waals surface area contributed by atoms with Crippen LogP contribution in [0, 0.1) is 9.39 Å². The molecule has 1 aromatic heterocycles. The monoisotopic (exact) mass is 261 g/mol. The summed E-state index contributed by atoms with van der Waals surface area (Å²) in [5.74, 6) is -0.226. The van der Waals surface area contributed by atoms with Crippen LogP contribution in [0.15, 0.2) is 12.3 Å². The summed E-state index contributed by atoms with van der Waals surface area (Å²) in [7, 11) is 0. The van der Waals surface area contributed by atoms with Crippen molar-refractivity contribution in [3.8, 4) is 0 Å². The third-order valence-corrected chi connectivity index (χ3v) is 2.78. The first kappa shape index (κ1) is 7.21. The van der Waals surface area contributed by atoms with Gasteiger partial charge in [-0.1, -0.05) is 12.2 Å². The highest BCUT2D eigenvalue weighted by molar-refractivity contribution is 14.1. The summed E-state index contributed by atoms with van der Waals surface area (Å²) in [4.78, 5) is 3.98. The van der Waals surface area contributed by atoms with Crippen LogP contribution in [0.25, 0.3) is 6.08 Å². The Hall–Kier alpha value is -0.450. The smallest absolute Gasteiger partial charge is 0.155 e. The second kappa shape index (κ2) is 2.55. The molecule has 0 N–H and O–H groups in total. The highest BCUT2D eigenvalue weighted by atomic mass is 127. The van der Waals surface area contributed by atoms with Gasteiger partial charge in [0, 0.05) is 12.0 Å². The number of hydrogen-bond donors (Lipinski definition) is 0. The molecule has 3 heteroatoms. The molecule has 1 aliphatic rings. The van der Waals surface area contributed by atoms with Gasteiger partial charge in [0.15, 0.2) is 5.82 Å². The zero-order chi connectivity index (χ0) is 7.84. The quantitative estimate of drug-likeness (QED) is 0.653. The van der Waals surface area contributed by atoms with E-state index in [1.165, 1.54) is 6.20 Å². The first-order valence-electron chi connectivity index (χ1n) is 3.28. The van der Waals surface area contributed by atoms with Gasteiger partial charge in [0.25, 0.3) is 0 Å². The standard InChI is InChI=1S/C8H5FIN/c9-6-4-11-7-3-1-2-5(7)8(6)10/h1-2,4H,3H2. The van der Waals surface area contributed by atoms with E-state index in [-0.39, 0.29) is 5.82 Å². The maximum Gasteiger partial charge on any atom is 0.155 e. The largest absolute Gasteiger partial charge is 0.257 e. The third-order valence-electron chi connectivity index (χ3n) is 1.69. The summed E-state index contributed by atoms with van der Waals surface area (Å²) in [6, 6.07) is 0. The van der Waals surface area contributed by atoms with Gasteiger partial charge in [-0.05, 0) is 22.6 Å². The summed E-state index contributed by atoms with van der Waals surface area (Å²) in [6.07, 6.45) is 6.05. The fourth-order valence-corrected chi connectivity index (χ4v) is 1.77. The lowest BCUT2D eigenvalue weighted by Crippen LogP contribution is -1.94. The van der Waals surface area contributed by atoms with Crippen molar-refractivity contribution >= 4 is 28.7 Å². The van der Waals surface area contributed by atoms with Crippen LogP contribution >= 0.6 is 22.6 Å². The molecule has 1 aliphatic carbocycles. The number of halogens is 2. The zero-order valence-corrected chi connectivity index (χ0v) is 7.80. The fraction of sp³-hybridized carbons (Fsp3) is 0.125. The molecule has 0 radical (unpaired) electrons. The van der Waals surface area contributed by atoms with E-state index in [0.717, 1.165) is 17.7 Å². The van der Waals surface area contributed by atoms with Crippen LogP contribution in [0.4, 0.5) is 4.39 Å². The van der Waals surface area contributed by atoms with E-state index < -0.39 is 0 Å². The van der Waals surface area contributed by atoms with E-state index in [4.69, 9.17) is 0 Å². The van der Waals surface area contributed by atoms with Crippen molar-refractivity contribution in [1.82, 2.24) is 4.98 Å². The lowest BCUT2D eigenvalue weighted by atomic mass is 10.2. The number of aromatic nitrogens is 1. The van der Waals surface area contributed by atoms with Gasteiger partial charge in [-0.25, -0.2) is 4.39 Å². The fourth-order valence-electron chi connectivity index (χ4n) is 1.14. The molecule has 56 valence electrons. The Balaban J connectivity index is 2.70. The van der Waals surface area contributed by atoms with Gasteiger partial charge in [-0.2, -0.15) is 0 Å². The molecule has 1 aromatic rings. The Morgan fingerprint density at radius 2 is 2.36 bits per heavy atom. The Kier molecular flexibility index (Phi) is 1.67. The van der Waals surface area contributed by atoms with E-state index in [0.29, 0.717) is 3.57 Å².